The number of hydrogen-bond donors (Lipinski definition) is 1. The molecule has 17 heavy (non-hydrogen) atoms. The average molecular weight is 269 g/mol. The van der Waals surface area contributed by atoms with Crippen molar-refractivity contribution < 1.29 is 0 Å². The SMILES string of the molecule is Cc1ccc(NC2=NCC(C(C)C)S2)cc1Cl. The van der Waals surface area contributed by atoms with E-state index in [-0.39, 0.29) is 0 Å². The van der Waals surface area contributed by atoms with E-state index in [0.29, 0.717) is 11.2 Å². The molecule has 0 amide bonds. The highest BCUT2D eigenvalue weighted by Gasteiger charge is 2.22. The number of hydrogen-bond acceptors (Lipinski definition) is 3. The molecule has 0 spiro atoms. The van der Waals surface area contributed by atoms with Gasteiger partial charge in [0.15, 0.2) is 5.17 Å². The first-order valence-electron chi connectivity index (χ1n) is 5.80. The summed E-state index contributed by atoms with van der Waals surface area (Å²) < 4.78 is 0. The van der Waals surface area contributed by atoms with Crippen LogP contribution in [0, 0.1) is 12.8 Å². The van der Waals surface area contributed by atoms with Crippen molar-refractivity contribution in [1.82, 2.24) is 0 Å². The summed E-state index contributed by atoms with van der Waals surface area (Å²) in [5, 5.41) is 5.71. The minimum Gasteiger partial charge on any atom is -0.335 e. The first-order valence-corrected chi connectivity index (χ1v) is 7.06. The zero-order chi connectivity index (χ0) is 12.4. The Labute approximate surface area is 112 Å². The second kappa shape index (κ2) is 5.32. The van der Waals surface area contributed by atoms with E-state index in [9.17, 15) is 0 Å². The molecule has 0 fully saturated rings. The van der Waals surface area contributed by atoms with Crippen LogP contribution >= 0.6 is 23.4 Å². The van der Waals surface area contributed by atoms with Crippen LogP contribution in [-0.4, -0.2) is 17.0 Å². The van der Waals surface area contributed by atoms with E-state index in [1.165, 1.54) is 0 Å². The van der Waals surface area contributed by atoms with Crippen molar-refractivity contribution in [2.45, 2.75) is 26.0 Å². The van der Waals surface area contributed by atoms with Crippen LogP contribution in [0.25, 0.3) is 0 Å². The minimum absolute atomic E-state index is 0.596. The fourth-order valence-corrected chi connectivity index (χ4v) is 2.82. The third-order valence-electron chi connectivity index (χ3n) is 2.84. The summed E-state index contributed by atoms with van der Waals surface area (Å²) in [6.07, 6.45) is 0. The molecule has 1 atom stereocenters. The second-order valence-electron chi connectivity index (χ2n) is 4.64. The van der Waals surface area contributed by atoms with Gasteiger partial charge in [0.05, 0.1) is 6.54 Å². The van der Waals surface area contributed by atoms with E-state index < -0.39 is 0 Å². The van der Waals surface area contributed by atoms with Gasteiger partial charge < -0.3 is 5.32 Å². The predicted molar refractivity (Wildman–Crippen MR) is 78.3 cm³/mol. The number of thioether (sulfide) groups is 1. The lowest BCUT2D eigenvalue weighted by molar-refractivity contribution is 0.621. The molecule has 2 nitrogen and oxygen atoms in total. The molecule has 0 aliphatic carbocycles. The minimum atomic E-state index is 0.596. The van der Waals surface area contributed by atoms with Gasteiger partial charge in [-0.1, -0.05) is 43.3 Å². The second-order valence-corrected chi connectivity index (χ2v) is 6.27. The normalized spacial score (nSPS) is 19.6. The van der Waals surface area contributed by atoms with Gasteiger partial charge >= 0.3 is 0 Å². The molecule has 1 N–H and O–H groups in total. The molecule has 1 heterocycles. The Morgan fingerprint density at radius 2 is 2.24 bits per heavy atom. The maximum atomic E-state index is 6.09. The summed E-state index contributed by atoms with van der Waals surface area (Å²) in [5.74, 6) is 0.657. The van der Waals surface area contributed by atoms with E-state index in [0.717, 1.165) is 28.0 Å². The highest BCUT2D eigenvalue weighted by atomic mass is 35.5. The van der Waals surface area contributed by atoms with Gasteiger partial charge in [-0.15, -0.1) is 0 Å². The molecular formula is C13H17ClN2S. The van der Waals surface area contributed by atoms with Crippen molar-refractivity contribution in [2.24, 2.45) is 10.9 Å². The largest absolute Gasteiger partial charge is 0.335 e. The van der Waals surface area contributed by atoms with Crippen molar-refractivity contribution in [3.05, 3.63) is 28.8 Å². The molecule has 1 aliphatic rings. The number of aliphatic imine (C=N–C) groups is 1. The number of amidine groups is 1. The molecule has 1 aromatic carbocycles. The van der Waals surface area contributed by atoms with Gasteiger partial charge in [-0.3, -0.25) is 4.99 Å². The summed E-state index contributed by atoms with van der Waals surface area (Å²) in [6, 6.07) is 6.00. The van der Waals surface area contributed by atoms with Gasteiger partial charge in [0, 0.05) is 16.0 Å². The number of anilines is 1. The van der Waals surface area contributed by atoms with Crippen molar-refractivity contribution in [3.63, 3.8) is 0 Å². The zero-order valence-corrected chi connectivity index (χ0v) is 11.9. The van der Waals surface area contributed by atoms with Gasteiger partial charge in [-0.2, -0.15) is 0 Å². The number of benzene rings is 1. The van der Waals surface area contributed by atoms with Crippen LogP contribution in [0.3, 0.4) is 0 Å². The topological polar surface area (TPSA) is 24.4 Å². The lowest BCUT2D eigenvalue weighted by Crippen LogP contribution is -2.13. The third kappa shape index (κ3) is 3.17. The highest BCUT2D eigenvalue weighted by molar-refractivity contribution is 8.15. The fraction of sp³-hybridized carbons (Fsp3) is 0.462. The van der Waals surface area contributed by atoms with Gasteiger partial charge in [0.1, 0.15) is 0 Å². The van der Waals surface area contributed by atoms with E-state index in [2.05, 4.69) is 24.2 Å². The number of nitrogens with one attached hydrogen (secondary N) is 1. The van der Waals surface area contributed by atoms with Crippen molar-refractivity contribution in [2.75, 3.05) is 11.9 Å². The number of halogens is 1. The Balaban J connectivity index is 2.00. The molecule has 0 aromatic heterocycles. The Bertz CT molecular complexity index is 443. The van der Waals surface area contributed by atoms with Gasteiger partial charge in [-0.25, -0.2) is 0 Å². The molecule has 0 bridgehead atoms. The maximum absolute atomic E-state index is 6.09. The fourth-order valence-electron chi connectivity index (χ4n) is 1.60. The summed E-state index contributed by atoms with van der Waals surface area (Å²) in [4.78, 5) is 4.51. The number of nitrogens with zero attached hydrogens (tertiary/aromatic N) is 1. The summed E-state index contributed by atoms with van der Waals surface area (Å²) in [6.45, 7) is 7.38. The average Bonchev–Trinajstić information content (AvgIpc) is 2.72. The lowest BCUT2D eigenvalue weighted by atomic mass is 10.1. The summed E-state index contributed by atoms with van der Waals surface area (Å²) in [5.41, 5.74) is 2.11. The van der Waals surface area contributed by atoms with E-state index in [1.54, 1.807) is 0 Å². The molecule has 1 aromatic rings. The Hall–Kier alpha value is -0.670. The van der Waals surface area contributed by atoms with E-state index in [4.69, 9.17) is 11.6 Å². The third-order valence-corrected chi connectivity index (χ3v) is 4.70. The van der Waals surface area contributed by atoms with Gasteiger partial charge in [0.25, 0.3) is 0 Å². The molecule has 0 radical (unpaired) electrons. The highest BCUT2D eigenvalue weighted by Crippen LogP contribution is 2.28. The van der Waals surface area contributed by atoms with Crippen LogP contribution in [0.4, 0.5) is 5.69 Å². The molecule has 0 saturated carbocycles. The standard InChI is InChI=1S/C13H17ClN2S/c1-8(2)12-7-15-13(17-12)16-10-5-4-9(3)11(14)6-10/h4-6,8,12H,7H2,1-3H3,(H,15,16). The molecule has 2 rings (SSSR count). The van der Waals surface area contributed by atoms with E-state index in [1.807, 2.05) is 36.9 Å². The van der Waals surface area contributed by atoms with Crippen molar-refractivity contribution in [3.8, 4) is 0 Å². The molecule has 92 valence electrons. The van der Waals surface area contributed by atoms with Crippen LogP contribution in [0.5, 0.6) is 0 Å². The number of rotatable bonds is 2. The maximum Gasteiger partial charge on any atom is 0.161 e. The molecule has 1 unspecified atom stereocenters. The first kappa shape index (κ1) is 12.8. The predicted octanol–water partition coefficient (Wildman–Crippen LogP) is 4.19. The molecule has 1 aliphatic heterocycles. The quantitative estimate of drug-likeness (QED) is 0.870. The Morgan fingerprint density at radius 3 is 2.82 bits per heavy atom. The van der Waals surface area contributed by atoms with Crippen LogP contribution in [0.1, 0.15) is 19.4 Å². The van der Waals surface area contributed by atoms with E-state index >= 15 is 0 Å². The van der Waals surface area contributed by atoms with Crippen LogP contribution in [0.2, 0.25) is 5.02 Å². The van der Waals surface area contributed by atoms with Crippen LogP contribution in [0.15, 0.2) is 23.2 Å². The van der Waals surface area contributed by atoms with Crippen molar-refractivity contribution >= 4 is 34.2 Å². The Morgan fingerprint density at radius 1 is 1.47 bits per heavy atom. The Kier molecular flexibility index (Phi) is 4.00. The lowest BCUT2D eigenvalue weighted by Gasteiger charge is -2.12. The monoisotopic (exact) mass is 268 g/mol. The zero-order valence-electron chi connectivity index (χ0n) is 10.3. The van der Waals surface area contributed by atoms with Gasteiger partial charge in [-0.05, 0) is 30.5 Å². The summed E-state index contributed by atoms with van der Waals surface area (Å²) in [7, 11) is 0. The van der Waals surface area contributed by atoms with Gasteiger partial charge in [0.2, 0.25) is 0 Å². The molecule has 4 heteroatoms. The smallest absolute Gasteiger partial charge is 0.161 e. The van der Waals surface area contributed by atoms with Crippen LogP contribution < -0.4 is 5.32 Å². The molecular weight excluding hydrogens is 252 g/mol. The molecule has 0 saturated heterocycles. The number of aryl methyl sites for hydroxylation is 1. The van der Waals surface area contributed by atoms with Crippen molar-refractivity contribution in [1.29, 1.82) is 0 Å². The first-order chi connectivity index (χ1) is 8.06. The van der Waals surface area contributed by atoms with Crippen LogP contribution in [-0.2, 0) is 0 Å². The summed E-state index contributed by atoms with van der Waals surface area (Å²) >= 11 is 7.91.